The van der Waals surface area contributed by atoms with Gasteiger partial charge in [-0.2, -0.15) is 0 Å². The Morgan fingerprint density at radius 3 is 2.55 bits per heavy atom. The van der Waals surface area contributed by atoms with E-state index in [4.69, 9.17) is 10.5 Å². The van der Waals surface area contributed by atoms with E-state index in [2.05, 4.69) is 15.3 Å². The fourth-order valence-corrected chi connectivity index (χ4v) is 5.51. The summed E-state index contributed by atoms with van der Waals surface area (Å²) in [5, 5.41) is 3.27. The number of rotatable bonds is 6. The first-order valence-electron chi connectivity index (χ1n) is 13.8. The van der Waals surface area contributed by atoms with Gasteiger partial charge in [0.05, 0.1) is 5.39 Å². The van der Waals surface area contributed by atoms with Gasteiger partial charge >= 0.3 is 0 Å². The molecule has 0 saturated carbocycles. The van der Waals surface area contributed by atoms with E-state index in [-0.39, 0.29) is 22.5 Å². The number of pyridine rings is 1. The van der Waals surface area contributed by atoms with Crippen molar-refractivity contribution in [3.8, 4) is 22.3 Å². The number of halogens is 1. The molecule has 3 aromatic heterocycles. The largest absolute Gasteiger partial charge is 0.383 e. The number of nitrogens with one attached hydrogen (secondary N) is 1. The van der Waals surface area contributed by atoms with Gasteiger partial charge in [0, 0.05) is 67.8 Å². The number of aryl methyl sites for hydroxylation is 2. The van der Waals surface area contributed by atoms with Crippen LogP contribution in [0.5, 0.6) is 0 Å². The molecule has 1 fully saturated rings. The zero-order valence-corrected chi connectivity index (χ0v) is 23.4. The van der Waals surface area contributed by atoms with Gasteiger partial charge < -0.3 is 24.9 Å². The third-order valence-electron chi connectivity index (χ3n) is 7.80. The maximum Gasteiger partial charge on any atom is 0.261 e. The molecule has 0 atom stereocenters. The fraction of sp³-hybridized carbons (Fsp3) is 0.250. The molecule has 1 saturated heterocycles. The third-order valence-corrected chi connectivity index (χ3v) is 7.80. The van der Waals surface area contributed by atoms with Gasteiger partial charge in [-0.3, -0.25) is 9.59 Å². The van der Waals surface area contributed by atoms with Crippen molar-refractivity contribution in [1.82, 2.24) is 19.1 Å². The Balaban J connectivity index is 1.33. The second kappa shape index (κ2) is 11.2. The Labute approximate surface area is 241 Å². The van der Waals surface area contributed by atoms with Crippen LogP contribution in [0.3, 0.4) is 0 Å². The highest BCUT2D eigenvalue weighted by Crippen LogP contribution is 2.34. The van der Waals surface area contributed by atoms with Crippen molar-refractivity contribution in [2.75, 3.05) is 24.3 Å². The summed E-state index contributed by atoms with van der Waals surface area (Å²) < 4.78 is 24.6. The van der Waals surface area contributed by atoms with Crippen molar-refractivity contribution in [1.29, 1.82) is 0 Å². The van der Waals surface area contributed by atoms with Gasteiger partial charge in [-0.25, -0.2) is 14.4 Å². The van der Waals surface area contributed by atoms with E-state index in [1.807, 2.05) is 42.0 Å². The van der Waals surface area contributed by atoms with Crippen molar-refractivity contribution in [3.63, 3.8) is 0 Å². The number of carbonyl (C=O) groups excluding carboxylic acids is 1. The molecule has 1 aliphatic heterocycles. The molecule has 0 aliphatic carbocycles. The number of fused-ring (bicyclic) bond motifs is 1. The van der Waals surface area contributed by atoms with Crippen molar-refractivity contribution < 1.29 is 13.9 Å². The molecule has 42 heavy (non-hydrogen) atoms. The van der Waals surface area contributed by atoms with Gasteiger partial charge in [-0.05, 0) is 49.4 Å². The molecule has 9 nitrogen and oxygen atoms in total. The van der Waals surface area contributed by atoms with Gasteiger partial charge in [0.1, 0.15) is 29.2 Å². The molecule has 1 amide bonds. The number of amides is 1. The molecule has 6 rings (SSSR count). The lowest BCUT2D eigenvalue weighted by Gasteiger charge is -2.23. The molecule has 3 N–H and O–H groups in total. The number of nitrogens with two attached hydrogens (primary N) is 1. The summed E-state index contributed by atoms with van der Waals surface area (Å²) in [5.41, 5.74) is 9.57. The number of carbonyl (C=O) groups is 1. The third kappa shape index (κ3) is 5.28. The summed E-state index contributed by atoms with van der Waals surface area (Å²) in [6.07, 6.45) is 8.33. The molecular formula is C32H31FN6O3. The quantitative estimate of drug-likeness (QED) is 0.293. The standard InChI is InChI=1S/C32H31FN6O3/c1-19-3-5-21(6-4-19)24-16-39(14-20-9-11-42-12-10-20)17-26(29(24)40)32(41)37-22-7-8-23(27(33)13-22)25-15-38(2)31-28(25)30(34)35-18-36-31/h3-8,13,15-18,20H,9-12,14H2,1-2H3,(H,37,41)(H2,34,35,36). The molecule has 214 valence electrons. The molecule has 0 unspecified atom stereocenters. The first-order valence-corrected chi connectivity index (χ1v) is 13.8. The van der Waals surface area contributed by atoms with E-state index in [0.29, 0.717) is 53.4 Å². The number of nitrogen functional groups attached to an aromatic ring is 1. The highest BCUT2D eigenvalue weighted by atomic mass is 19.1. The van der Waals surface area contributed by atoms with Crippen LogP contribution >= 0.6 is 0 Å². The minimum Gasteiger partial charge on any atom is -0.383 e. The average molecular weight is 567 g/mol. The van der Waals surface area contributed by atoms with Crippen LogP contribution in [0.25, 0.3) is 33.3 Å². The normalized spacial score (nSPS) is 13.9. The molecule has 5 aromatic rings. The molecule has 4 heterocycles. The van der Waals surface area contributed by atoms with Crippen molar-refractivity contribution >= 4 is 28.4 Å². The first kappa shape index (κ1) is 27.3. The predicted molar refractivity (Wildman–Crippen MR) is 161 cm³/mol. The van der Waals surface area contributed by atoms with Crippen LogP contribution < -0.4 is 16.5 Å². The number of anilines is 2. The van der Waals surface area contributed by atoms with Gasteiger partial charge in [-0.15, -0.1) is 0 Å². The monoisotopic (exact) mass is 566 g/mol. The lowest BCUT2D eigenvalue weighted by molar-refractivity contribution is 0.0612. The summed E-state index contributed by atoms with van der Waals surface area (Å²) in [6, 6.07) is 12.0. The lowest BCUT2D eigenvalue weighted by Crippen LogP contribution is -2.26. The minimum absolute atomic E-state index is 0.0106. The lowest BCUT2D eigenvalue weighted by atomic mass is 9.99. The Morgan fingerprint density at radius 2 is 1.81 bits per heavy atom. The van der Waals surface area contributed by atoms with Crippen LogP contribution in [0.2, 0.25) is 0 Å². The van der Waals surface area contributed by atoms with E-state index in [9.17, 15) is 9.59 Å². The van der Waals surface area contributed by atoms with Gasteiger partial charge in [0.25, 0.3) is 5.91 Å². The first-order chi connectivity index (χ1) is 20.3. The predicted octanol–water partition coefficient (Wildman–Crippen LogP) is 5.17. The van der Waals surface area contributed by atoms with Crippen LogP contribution in [0.1, 0.15) is 28.8 Å². The van der Waals surface area contributed by atoms with Crippen LogP contribution in [-0.2, 0) is 18.3 Å². The summed E-state index contributed by atoms with van der Waals surface area (Å²) in [4.78, 5) is 35.4. The van der Waals surface area contributed by atoms with E-state index in [1.54, 1.807) is 36.1 Å². The molecule has 1 aliphatic rings. The second-order valence-electron chi connectivity index (χ2n) is 10.8. The van der Waals surface area contributed by atoms with E-state index < -0.39 is 11.7 Å². The van der Waals surface area contributed by atoms with Crippen LogP contribution in [0, 0.1) is 18.7 Å². The SMILES string of the molecule is Cc1ccc(-c2cn(CC3CCOCC3)cc(C(=O)Nc3ccc(-c4cn(C)c5ncnc(N)c45)c(F)c3)c2=O)cc1. The van der Waals surface area contributed by atoms with Gasteiger partial charge in [-0.1, -0.05) is 29.8 Å². The average Bonchev–Trinajstić information content (AvgIpc) is 3.32. The number of hydrogen-bond acceptors (Lipinski definition) is 6. The Bertz CT molecular complexity index is 1860. The molecule has 0 radical (unpaired) electrons. The summed E-state index contributed by atoms with van der Waals surface area (Å²) in [6.45, 7) is 4.03. The van der Waals surface area contributed by atoms with E-state index in [0.717, 1.165) is 24.0 Å². The number of ether oxygens (including phenoxy) is 1. The van der Waals surface area contributed by atoms with Crippen LogP contribution in [0.15, 0.2) is 72.2 Å². The maximum absolute atomic E-state index is 15.5. The highest BCUT2D eigenvalue weighted by Gasteiger charge is 2.21. The van der Waals surface area contributed by atoms with E-state index >= 15 is 4.39 Å². The number of nitrogens with zero attached hydrogens (tertiary/aromatic N) is 4. The Morgan fingerprint density at radius 1 is 1.05 bits per heavy atom. The van der Waals surface area contributed by atoms with E-state index in [1.165, 1.54) is 12.4 Å². The summed E-state index contributed by atoms with van der Waals surface area (Å²) in [5.74, 6) is -0.547. The van der Waals surface area contributed by atoms with Crippen molar-refractivity contribution in [3.05, 3.63) is 94.5 Å². The Hall–Kier alpha value is -4.83. The van der Waals surface area contributed by atoms with Crippen LogP contribution in [-0.4, -0.2) is 38.2 Å². The topological polar surface area (TPSA) is 117 Å². The van der Waals surface area contributed by atoms with Crippen molar-refractivity contribution in [2.45, 2.75) is 26.3 Å². The molecule has 0 bridgehead atoms. The zero-order valence-electron chi connectivity index (χ0n) is 23.4. The second-order valence-corrected chi connectivity index (χ2v) is 10.8. The summed E-state index contributed by atoms with van der Waals surface area (Å²) in [7, 11) is 1.80. The van der Waals surface area contributed by atoms with Crippen molar-refractivity contribution in [2.24, 2.45) is 13.0 Å². The van der Waals surface area contributed by atoms with Crippen LogP contribution in [0.4, 0.5) is 15.9 Å². The Kier molecular flexibility index (Phi) is 7.30. The fourth-order valence-electron chi connectivity index (χ4n) is 5.51. The number of benzene rings is 2. The minimum atomic E-state index is -0.607. The molecule has 2 aromatic carbocycles. The number of hydrogen-bond donors (Lipinski definition) is 2. The van der Waals surface area contributed by atoms with Gasteiger partial charge in [0.15, 0.2) is 0 Å². The number of aromatic nitrogens is 4. The molecule has 10 heteroatoms. The maximum atomic E-state index is 15.5. The molecular weight excluding hydrogens is 535 g/mol. The van der Waals surface area contributed by atoms with Gasteiger partial charge in [0.2, 0.25) is 5.43 Å². The smallest absolute Gasteiger partial charge is 0.261 e. The highest BCUT2D eigenvalue weighted by molar-refractivity contribution is 6.05. The zero-order chi connectivity index (χ0) is 29.4. The molecule has 0 spiro atoms. The summed E-state index contributed by atoms with van der Waals surface area (Å²) >= 11 is 0.